The Morgan fingerprint density at radius 1 is 0.656 bits per heavy atom. The molecule has 0 amide bonds. The Bertz CT molecular complexity index is 1340. The fourth-order valence-corrected chi connectivity index (χ4v) is 6.24. The summed E-state index contributed by atoms with van der Waals surface area (Å²) in [6.07, 6.45) is 0. The molecule has 0 aliphatic rings. The molecule has 0 radical (unpaired) electrons. The van der Waals surface area contributed by atoms with Gasteiger partial charge in [-0.05, 0) is 0 Å². The van der Waals surface area contributed by atoms with Gasteiger partial charge in [0.1, 0.15) is 0 Å². The summed E-state index contributed by atoms with van der Waals surface area (Å²) in [4.78, 5) is 0. The maximum atomic E-state index is 5.25. The fourth-order valence-electron chi connectivity index (χ4n) is 3.96. The zero-order valence-electron chi connectivity index (χ0n) is 18.2. The summed E-state index contributed by atoms with van der Waals surface area (Å²) in [6, 6.07) is 38.6. The Kier molecular flexibility index (Phi) is 5.77. The SMILES string of the molecule is Cc1ccc(-n2nc(-c3ccccc3)c([Se]c3ccccc3)c2-c2ccccc2)c(C)c1. The molecule has 32 heavy (non-hydrogen) atoms. The van der Waals surface area contributed by atoms with E-state index in [1.807, 2.05) is 0 Å². The Morgan fingerprint density at radius 3 is 1.88 bits per heavy atom. The molecule has 1 aromatic heterocycles. The van der Waals surface area contributed by atoms with Crippen LogP contribution in [0.1, 0.15) is 11.1 Å². The van der Waals surface area contributed by atoms with Crippen molar-refractivity contribution in [1.29, 1.82) is 0 Å². The number of nitrogens with zero attached hydrogens (tertiary/aromatic N) is 2. The normalized spacial score (nSPS) is 10.9. The second kappa shape index (κ2) is 9.00. The Balaban J connectivity index is 1.82. The molecule has 156 valence electrons. The van der Waals surface area contributed by atoms with Crippen LogP contribution in [-0.4, -0.2) is 24.7 Å². The van der Waals surface area contributed by atoms with Crippen LogP contribution < -0.4 is 8.92 Å². The molecular weight excluding hydrogens is 455 g/mol. The summed E-state index contributed by atoms with van der Waals surface area (Å²) in [6.45, 7) is 4.31. The monoisotopic (exact) mass is 480 g/mol. The minimum absolute atomic E-state index is 0.106. The van der Waals surface area contributed by atoms with Crippen LogP contribution in [0.5, 0.6) is 0 Å². The van der Waals surface area contributed by atoms with Gasteiger partial charge in [-0.15, -0.1) is 0 Å². The van der Waals surface area contributed by atoms with Gasteiger partial charge in [0.05, 0.1) is 0 Å². The van der Waals surface area contributed by atoms with Crippen LogP contribution >= 0.6 is 0 Å². The summed E-state index contributed by atoms with van der Waals surface area (Å²) in [5, 5.41) is 5.25. The van der Waals surface area contributed by atoms with Gasteiger partial charge in [0.25, 0.3) is 0 Å². The van der Waals surface area contributed by atoms with Crippen molar-refractivity contribution in [2.75, 3.05) is 0 Å². The number of aromatic nitrogens is 2. The second-order valence-electron chi connectivity index (χ2n) is 7.88. The molecule has 5 rings (SSSR count). The van der Waals surface area contributed by atoms with Gasteiger partial charge in [-0.3, -0.25) is 0 Å². The third kappa shape index (κ3) is 4.05. The van der Waals surface area contributed by atoms with Crippen molar-refractivity contribution in [2.45, 2.75) is 13.8 Å². The van der Waals surface area contributed by atoms with Crippen molar-refractivity contribution < 1.29 is 0 Å². The van der Waals surface area contributed by atoms with Gasteiger partial charge in [-0.2, -0.15) is 0 Å². The summed E-state index contributed by atoms with van der Waals surface area (Å²) < 4.78 is 4.81. The average Bonchev–Trinajstić information content (AvgIpc) is 3.19. The third-order valence-corrected chi connectivity index (χ3v) is 7.79. The van der Waals surface area contributed by atoms with Crippen LogP contribution in [0.15, 0.2) is 109 Å². The quantitative estimate of drug-likeness (QED) is 0.306. The summed E-state index contributed by atoms with van der Waals surface area (Å²) >= 11 is 0.106. The first-order valence-electron chi connectivity index (χ1n) is 10.7. The van der Waals surface area contributed by atoms with Crippen molar-refractivity contribution >= 4 is 23.9 Å². The topological polar surface area (TPSA) is 17.8 Å². The van der Waals surface area contributed by atoms with E-state index in [9.17, 15) is 0 Å². The van der Waals surface area contributed by atoms with E-state index in [1.54, 1.807) is 0 Å². The van der Waals surface area contributed by atoms with E-state index >= 15 is 0 Å². The molecule has 0 aliphatic heterocycles. The molecule has 0 saturated heterocycles. The van der Waals surface area contributed by atoms with Crippen LogP contribution in [0, 0.1) is 13.8 Å². The molecule has 0 atom stereocenters. The number of rotatable bonds is 5. The van der Waals surface area contributed by atoms with Crippen LogP contribution in [-0.2, 0) is 0 Å². The maximum absolute atomic E-state index is 5.25. The molecule has 0 spiro atoms. The van der Waals surface area contributed by atoms with Crippen LogP contribution in [0.2, 0.25) is 0 Å². The van der Waals surface area contributed by atoms with Gasteiger partial charge in [-0.25, -0.2) is 0 Å². The standard InChI is InChI=1S/C29H24N2Se/c1-21-18-19-26(22(2)20-21)31-28(24-14-8-4-9-15-24)29(32-25-16-10-5-11-17-25)27(30-31)23-12-6-3-7-13-23/h3-20H,1-2H3. The first-order valence-corrected chi connectivity index (χ1v) is 12.5. The number of aryl methyl sites for hydroxylation is 2. The van der Waals surface area contributed by atoms with Gasteiger partial charge in [0.15, 0.2) is 0 Å². The summed E-state index contributed by atoms with van der Waals surface area (Å²) in [5.74, 6) is 0. The van der Waals surface area contributed by atoms with Crippen LogP contribution in [0.3, 0.4) is 0 Å². The van der Waals surface area contributed by atoms with Crippen LogP contribution in [0.4, 0.5) is 0 Å². The molecule has 0 fully saturated rings. The Labute approximate surface area is 195 Å². The zero-order valence-corrected chi connectivity index (χ0v) is 19.9. The molecule has 3 heteroatoms. The van der Waals surface area contributed by atoms with E-state index in [0.29, 0.717) is 0 Å². The van der Waals surface area contributed by atoms with Crippen molar-refractivity contribution in [2.24, 2.45) is 0 Å². The number of hydrogen-bond donors (Lipinski definition) is 0. The number of hydrogen-bond acceptors (Lipinski definition) is 1. The van der Waals surface area contributed by atoms with Crippen LogP contribution in [0.25, 0.3) is 28.2 Å². The van der Waals surface area contributed by atoms with E-state index < -0.39 is 0 Å². The molecule has 0 N–H and O–H groups in total. The van der Waals surface area contributed by atoms with Crippen molar-refractivity contribution in [3.8, 4) is 28.2 Å². The minimum atomic E-state index is 0.106. The van der Waals surface area contributed by atoms with E-state index in [0.717, 1.165) is 16.9 Å². The molecule has 0 saturated carbocycles. The van der Waals surface area contributed by atoms with E-state index in [-0.39, 0.29) is 15.0 Å². The van der Waals surface area contributed by atoms with Gasteiger partial charge < -0.3 is 0 Å². The predicted octanol–water partition coefficient (Wildman–Crippen LogP) is 5.48. The molecule has 1 heterocycles. The van der Waals surface area contributed by atoms with E-state index in [1.165, 1.54) is 31.3 Å². The van der Waals surface area contributed by atoms with E-state index in [2.05, 4.69) is 128 Å². The average molecular weight is 479 g/mol. The molecule has 5 aromatic rings. The van der Waals surface area contributed by atoms with Crippen molar-refractivity contribution in [3.05, 3.63) is 120 Å². The molecule has 0 aliphatic carbocycles. The Morgan fingerprint density at radius 2 is 1.25 bits per heavy atom. The first kappa shape index (κ1) is 20.5. The second-order valence-corrected chi connectivity index (χ2v) is 10.1. The molecule has 0 bridgehead atoms. The summed E-state index contributed by atoms with van der Waals surface area (Å²) in [7, 11) is 0. The number of benzene rings is 4. The summed E-state index contributed by atoms with van der Waals surface area (Å²) in [5.41, 5.74) is 8.20. The van der Waals surface area contributed by atoms with Gasteiger partial charge in [0.2, 0.25) is 0 Å². The van der Waals surface area contributed by atoms with Gasteiger partial charge >= 0.3 is 196 Å². The molecule has 4 aromatic carbocycles. The molecular formula is C29H24N2Se. The van der Waals surface area contributed by atoms with Gasteiger partial charge in [0, 0.05) is 0 Å². The van der Waals surface area contributed by atoms with Crippen molar-refractivity contribution in [1.82, 2.24) is 9.78 Å². The first-order chi connectivity index (χ1) is 15.7. The van der Waals surface area contributed by atoms with E-state index in [4.69, 9.17) is 5.10 Å². The fraction of sp³-hybridized carbons (Fsp3) is 0.0690. The Hall–Kier alpha value is -3.39. The van der Waals surface area contributed by atoms with Gasteiger partial charge in [-0.1, -0.05) is 0 Å². The zero-order chi connectivity index (χ0) is 21.9. The predicted molar refractivity (Wildman–Crippen MR) is 135 cm³/mol. The third-order valence-electron chi connectivity index (χ3n) is 5.48. The molecule has 0 unspecified atom stereocenters. The molecule has 2 nitrogen and oxygen atoms in total. The van der Waals surface area contributed by atoms with Crippen molar-refractivity contribution in [3.63, 3.8) is 0 Å².